The number of benzene rings is 2. The summed E-state index contributed by atoms with van der Waals surface area (Å²) < 4.78 is 5.04. The van der Waals surface area contributed by atoms with Crippen molar-refractivity contribution >= 4 is 11.7 Å². The first-order valence-electron chi connectivity index (χ1n) is 7.95. The van der Waals surface area contributed by atoms with E-state index in [1.165, 1.54) is 12.1 Å². The van der Waals surface area contributed by atoms with Gasteiger partial charge in [-0.05, 0) is 18.6 Å². The highest BCUT2D eigenvalue weighted by atomic mass is 16.6. The molecular formula is C19H15N3O4. The maximum absolute atomic E-state index is 12.2. The fourth-order valence-corrected chi connectivity index (χ4v) is 2.50. The Kier molecular flexibility index (Phi) is 4.98. The van der Waals surface area contributed by atoms with Crippen molar-refractivity contribution in [2.24, 2.45) is 0 Å². The molecule has 2 aromatic carbocycles. The van der Waals surface area contributed by atoms with Gasteiger partial charge in [0.15, 0.2) is 5.69 Å². The minimum atomic E-state index is -0.624. The number of hydrogen-bond donors (Lipinski definition) is 0. The molecular weight excluding hydrogens is 334 g/mol. The van der Waals surface area contributed by atoms with E-state index in [9.17, 15) is 14.9 Å². The molecule has 1 aromatic heterocycles. The molecule has 0 saturated heterocycles. The Balaban J connectivity index is 2.17. The molecule has 0 saturated carbocycles. The van der Waals surface area contributed by atoms with Gasteiger partial charge in [0, 0.05) is 23.3 Å². The summed E-state index contributed by atoms with van der Waals surface area (Å²) in [5.41, 5.74) is 2.25. The molecule has 0 amide bonds. The third-order valence-corrected chi connectivity index (χ3v) is 3.70. The summed E-state index contributed by atoms with van der Waals surface area (Å²) in [5, 5.41) is 19.2. The summed E-state index contributed by atoms with van der Waals surface area (Å²) in [4.78, 5) is 22.8. The second kappa shape index (κ2) is 7.52. The Bertz CT molecular complexity index is 958. The van der Waals surface area contributed by atoms with E-state index >= 15 is 0 Å². The van der Waals surface area contributed by atoms with E-state index in [2.05, 4.69) is 10.2 Å². The van der Waals surface area contributed by atoms with E-state index in [1.54, 1.807) is 25.1 Å². The van der Waals surface area contributed by atoms with Crippen molar-refractivity contribution in [1.29, 1.82) is 0 Å². The summed E-state index contributed by atoms with van der Waals surface area (Å²) in [5.74, 6) is -0.624. The zero-order chi connectivity index (χ0) is 18.5. The van der Waals surface area contributed by atoms with E-state index in [-0.39, 0.29) is 18.0 Å². The lowest BCUT2D eigenvalue weighted by molar-refractivity contribution is -0.384. The van der Waals surface area contributed by atoms with E-state index < -0.39 is 10.9 Å². The van der Waals surface area contributed by atoms with Gasteiger partial charge in [0.1, 0.15) is 0 Å². The average molecular weight is 349 g/mol. The van der Waals surface area contributed by atoms with Crippen LogP contribution in [0.5, 0.6) is 0 Å². The van der Waals surface area contributed by atoms with Crippen LogP contribution in [0.2, 0.25) is 0 Å². The lowest BCUT2D eigenvalue weighted by atomic mass is 10.0. The number of nitro groups is 1. The summed E-state index contributed by atoms with van der Waals surface area (Å²) >= 11 is 0. The first-order chi connectivity index (χ1) is 12.6. The van der Waals surface area contributed by atoms with Crippen molar-refractivity contribution in [3.63, 3.8) is 0 Å². The van der Waals surface area contributed by atoms with Gasteiger partial charge in [-0.25, -0.2) is 4.79 Å². The number of hydrogen-bond acceptors (Lipinski definition) is 6. The number of non-ortho nitro benzene ring substituents is 1. The molecule has 0 aliphatic heterocycles. The van der Waals surface area contributed by atoms with Gasteiger partial charge in [-0.15, -0.1) is 10.2 Å². The highest BCUT2D eigenvalue weighted by Gasteiger charge is 2.19. The predicted molar refractivity (Wildman–Crippen MR) is 95.5 cm³/mol. The van der Waals surface area contributed by atoms with Crippen LogP contribution in [-0.2, 0) is 4.74 Å². The van der Waals surface area contributed by atoms with E-state index in [4.69, 9.17) is 4.74 Å². The molecule has 0 N–H and O–H groups in total. The van der Waals surface area contributed by atoms with Crippen LogP contribution in [0.25, 0.3) is 22.4 Å². The van der Waals surface area contributed by atoms with Gasteiger partial charge in [-0.1, -0.05) is 42.5 Å². The van der Waals surface area contributed by atoms with Crippen LogP contribution < -0.4 is 0 Å². The molecule has 7 nitrogen and oxygen atoms in total. The highest BCUT2D eigenvalue weighted by Crippen LogP contribution is 2.29. The molecule has 130 valence electrons. The van der Waals surface area contributed by atoms with E-state index in [1.807, 2.05) is 30.3 Å². The molecule has 3 rings (SSSR count). The predicted octanol–water partition coefficient (Wildman–Crippen LogP) is 3.90. The topological polar surface area (TPSA) is 95.2 Å². The molecule has 1 heterocycles. The molecule has 0 aliphatic rings. The van der Waals surface area contributed by atoms with Crippen LogP contribution in [0.1, 0.15) is 17.4 Å². The second-order valence-corrected chi connectivity index (χ2v) is 5.39. The van der Waals surface area contributed by atoms with Gasteiger partial charge in [-0.2, -0.15) is 0 Å². The van der Waals surface area contributed by atoms with Crippen molar-refractivity contribution in [3.05, 3.63) is 76.5 Å². The zero-order valence-electron chi connectivity index (χ0n) is 14.0. The maximum Gasteiger partial charge on any atom is 0.359 e. The lowest BCUT2D eigenvalue weighted by Gasteiger charge is -2.10. The quantitative estimate of drug-likeness (QED) is 0.394. The number of carbonyl (C=O) groups is 1. The third kappa shape index (κ3) is 3.56. The van der Waals surface area contributed by atoms with Crippen LogP contribution in [0, 0.1) is 10.1 Å². The third-order valence-electron chi connectivity index (χ3n) is 3.70. The van der Waals surface area contributed by atoms with Crippen LogP contribution in [0.4, 0.5) is 5.69 Å². The SMILES string of the molecule is CCOC(=O)c1nnc(-c2ccccc2)cc1-c1cccc([N+](=O)[O-])c1. The number of carbonyl (C=O) groups excluding carboxylic acids is 1. The number of rotatable bonds is 5. The van der Waals surface area contributed by atoms with Gasteiger partial charge in [-0.3, -0.25) is 10.1 Å². The highest BCUT2D eigenvalue weighted by molar-refractivity contribution is 5.96. The molecule has 0 radical (unpaired) electrons. The average Bonchev–Trinajstić information content (AvgIpc) is 2.68. The number of nitrogens with zero attached hydrogens (tertiary/aromatic N) is 3. The van der Waals surface area contributed by atoms with Crippen LogP contribution >= 0.6 is 0 Å². The van der Waals surface area contributed by atoms with Crippen LogP contribution in [0.15, 0.2) is 60.7 Å². The molecule has 3 aromatic rings. The summed E-state index contributed by atoms with van der Waals surface area (Å²) in [7, 11) is 0. The molecule has 0 fully saturated rings. The standard InChI is InChI=1S/C19H15N3O4/c1-2-26-19(23)18-16(14-9-6-10-15(11-14)22(24)25)12-17(20-21-18)13-7-4-3-5-8-13/h3-12H,2H2,1H3. The van der Waals surface area contributed by atoms with Crippen LogP contribution in [-0.4, -0.2) is 27.7 Å². The normalized spacial score (nSPS) is 10.3. The van der Waals surface area contributed by atoms with Gasteiger partial charge in [0.05, 0.1) is 17.2 Å². The molecule has 0 atom stereocenters. The minimum absolute atomic E-state index is 0.0204. The van der Waals surface area contributed by atoms with Crippen molar-refractivity contribution in [3.8, 4) is 22.4 Å². The Labute approximate surface area is 149 Å². The Morgan fingerprint density at radius 1 is 1.04 bits per heavy atom. The first kappa shape index (κ1) is 17.2. The summed E-state index contributed by atoms with van der Waals surface area (Å²) in [6.45, 7) is 1.88. The fraction of sp³-hybridized carbons (Fsp3) is 0.105. The summed E-state index contributed by atoms with van der Waals surface area (Å²) in [6, 6.07) is 17.1. The van der Waals surface area contributed by atoms with E-state index in [0.29, 0.717) is 16.8 Å². The molecule has 0 spiro atoms. The zero-order valence-corrected chi connectivity index (χ0v) is 14.0. The molecule has 7 heteroatoms. The largest absolute Gasteiger partial charge is 0.461 e. The first-order valence-corrected chi connectivity index (χ1v) is 7.95. The Hall–Kier alpha value is -3.61. The number of aromatic nitrogens is 2. The molecule has 0 bridgehead atoms. The second-order valence-electron chi connectivity index (χ2n) is 5.39. The van der Waals surface area contributed by atoms with Gasteiger partial charge in [0.2, 0.25) is 0 Å². The monoisotopic (exact) mass is 349 g/mol. The molecule has 0 unspecified atom stereocenters. The summed E-state index contributed by atoms with van der Waals surface area (Å²) in [6.07, 6.45) is 0. The number of nitro benzene ring substituents is 1. The number of esters is 1. The van der Waals surface area contributed by atoms with Crippen molar-refractivity contribution < 1.29 is 14.5 Å². The van der Waals surface area contributed by atoms with Gasteiger partial charge >= 0.3 is 5.97 Å². The lowest BCUT2D eigenvalue weighted by Crippen LogP contribution is -2.10. The van der Waals surface area contributed by atoms with Gasteiger partial charge in [0.25, 0.3) is 5.69 Å². The fourth-order valence-electron chi connectivity index (χ4n) is 2.50. The van der Waals surface area contributed by atoms with Crippen molar-refractivity contribution in [2.75, 3.05) is 6.61 Å². The smallest absolute Gasteiger partial charge is 0.359 e. The Morgan fingerprint density at radius 2 is 1.77 bits per heavy atom. The van der Waals surface area contributed by atoms with Crippen molar-refractivity contribution in [1.82, 2.24) is 10.2 Å². The van der Waals surface area contributed by atoms with E-state index in [0.717, 1.165) is 5.56 Å². The van der Waals surface area contributed by atoms with Crippen molar-refractivity contribution in [2.45, 2.75) is 6.92 Å². The maximum atomic E-state index is 12.2. The van der Waals surface area contributed by atoms with Gasteiger partial charge < -0.3 is 4.74 Å². The van der Waals surface area contributed by atoms with Crippen LogP contribution in [0.3, 0.4) is 0 Å². The Morgan fingerprint density at radius 3 is 2.46 bits per heavy atom. The number of ether oxygens (including phenoxy) is 1. The molecule has 0 aliphatic carbocycles. The molecule has 26 heavy (non-hydrogen) atoms. The minimum Gasteiger partial charge on any atom is -0.461 e.